The summed E-state index contributed by atoms with van der Waals surface area (Å²) in [6, 6.07) is 7.85. The van der Waals surface area contributed by atoms with E-state index in [1.165, 1.54) is 12.1 Å². The molecule has 148 valence electrons. The first kappa shape index (κ1) is 22.4. The van der Waals surface area contributed by atoms with E-state index in [2.05, 4.69) is 53.1 Å². The van der Waals surface area contributed by atoms with Crippen LogP contribution >= 0.6 is 0 Å². The maximum Gasteiger partial charge on any atom is 0.191 e. The maximum absolute atomic E-state index is 13.2. The third-order valence-electron chi connectivity index (χ3n) is 4.55. The van der Waals surface area contributed by atoms with Crippen LogP contribution in [-0.2, 0) is 0 Å². The Balaban J connectivity index is 2.57. The number of guanidine groups is 1. The molecule has 1 aromatic carbocycles. The summed E-state index contributed by atoms with van der Waals surface area (Å²) < 4.78 is 13.2. The SMILES string of the molecule is CN=C(NCCN(C(C)C)C(C)C)NCC(c1ccc(F)cc1)N(C)C. The zero-order valence-electron chi connectivity index (χ0n) is 17.4. The molecule has 0 spiro atoms. The Morgan fingerprint density at radius 3 is 2.08 bits per heavy atom. The fourth-order valence-electron chi connectivity index (χ4n) is 3.11. The molecule has 0 bridgehead atoms. The van der Waals surface area contributed by atoms with Crippen LogP contribution in [0, 0.1) is 5.82 Å². The van der Waals surface area contributed by atoms with Gasteiger partial charge in [-0.3, -0.25) is 9.89 Å². The second kappa shape index (κ2) is 11.1. The lowest BCUT2D eigenvalue weighted by molar-refractivity contribution is 0.178. The molecule has 1 rings (SSSR count). The van der Waals surface area contributed by atoms with E-state index < -0.39 is 0 Å². The van der Waals surface area contributed by atoms with Crippen molar-refractivity contribution in [3.05, 3.63) is 35.6 Å². The molecule has 0 amide bonds. The van der Waals surface area contributed by atoms with Gasteiger partial charge >= 0.3 is 0 Å². The molecule has 0 aliphatic rings. The summed E-state index contributed by atoms with van der Waals surface area (Å²) in [5, 5.41) is 6.76. The predicted molar refractivity (Wildman–Crippen MR) is 109 cm³/mol. The molecule has 0 saturated heterocycles. The van der Waals surface area contributed by atoms with Crippen molar-refractivity contribution in [2.45, 2.75) is 45.8 Å². The van der Waals surface area contributed by atoms with Crippen LogP contribution in [0.25, 0.3) is 0 Å². The van der Waals surface area contributed by atoms with E-state index in [9.17, 15) is 4.39 Å². The van der Waals surface area contributed by atoms with Crippen LogP contribution < -0.4 is 10.6 Å². The average molecular weight is 366 g/mol. The van der Waals surface area contributed by atoms with Gasteiger partial charge in [0.1, 0.15) is 5.82 Å². The third kappa shape index (κ3) is 7.30. The summed E-state index contributed by atoms with van der Waals surface area (Å²) >= 11 is 0. The highest BCUT2D eigenvalue weighted by Crippen LogP contribution is 2.17. The minimum Gasteiger partial charge on any atom is -0.355 e. The molecule has 1 unspecified atom stereocenters. The van der Waals surface area contributed by atoms with E-state index in [4.69, 9.17) is 0 Å². The van der Waals surface area contributed by atoms with E-state index >= 15 is 0 Å². The first-order chi connectivity index (χ1) is 12.3. The van der Waals surface area contributed by atoms with Crippen LogP contribution in [-0.4, -0.2) is 68.6 Å². The Morgan fingerprint density at radius 1 is 1.04 bits per heavy atom. The van der Waals surface area contributed by atoms with Gasteiger partial charge in [-0.1, -0.05) is 12.1 Å². The summed E-state index contributed by atoms with van der Waals surface area (Å²) in [7, 11) is 5.82. The van der Waals surface area contributed by atoms with Crippen molar-refractivity contribution >= 4 is 5.96 Å². The van der Waals surface area contributed by atoms with E-state index in [1.54, 1.807) is 7.05 Å². The van der Waals surface area contributed by atoms with Crippen LogP contribution in [0.5, 0.6) is 0 Å². The van der Waals surface area contributed by atoms with Crippen molar-refractivity contribution in [2.75, 3.05) is 40.8 Å². The van der Waals surface area contributed by atoms with Crippen molar-refractivity contribution in [1.29, 1.82) is 0 Å². The first-order valence-corrected chi connectivity index (χ1v) is 9.38. The zero-order chi connectivity index (χ0) is 19.7. The molecular weight excluding hydrogens is 329 g/mol. The van der Waals surface area contributed by atoms with Crippen LogP contribution in [0.3, 0.4) is 0 Å². The van der Waals surface area contributed by atoms with Gasteiger partial charge in [-0.2, -0.15) is 0 Å². The van der Waals surface area contributed by atoms with Gasteiger partial charge in [-0.25, -0.2) is 4.39 Å². The number of nitrogens with zero attached hydrogens (tertiary/aromatic N) is 3. The van der Waals surface area contributed by atoms with Crippen molar-refractivity contribution < 1.29 is 4.39 Å². The third-order valence-corrected chi connectivity index (χ3v) is 4.55. The molecule has 5 nitrogen and oxygen atoms in total. The summed E-state index contributed by atoms with van der Waals surface area (Å²) in [5.41, 5.74) is 1.07. The summed E-state index contributed by atoms with van der Waals surface area (Å²) in [4.78, 5) is 8.87. The molecule has 0 aliphatic carbocycles. The molecule has 1 aromatic rings. The molecule has 1 atom stereocenters. The Bertz CT molecular complexity index is 532. The van der Waals surface area contributed by atoms with Crippen LogP contribution in [0.4, 0.5) is 4.39 Å². The molecule has 0 saturated carbocycles. The monoisotopic (exact) mass is 365 g/mol. The van der Waals surface area contributed by atoms with Gasteiger partial charge in [0.15, 0.2) is 5.96 Å². The summed E-state index contributed by atoms with van der Waals surface area (Å²) in [6.45, 7) is 11.4. The summed E-state index contributed by atoms with van der Waals surface area (Å²) in [5.74, 6) is 0.572. The number of likely N-dealkylation sites (N-methyl/N-ethyl adjacent to an activating group) is 1. The lowest BCUT2D eigenvalue weighted by Crippen LogP contribution is -2.46. The molecule has 0 radical (unpaired) electrons. The van der Waals surface area contributed by atoms with Gasteiger partial charge in [0.05, 0.1) is 6.04 Å². The fourth-order valence-corrected chi connectivity index (χ4v) is 3.11. The van der Waals surface area contributed by atoms with Gasteiger partial charge in [-0.15, -0.1) is 0 Å². The van der Waals surface area contributed by atoms with Gasteiger partial charge in [0, 0.05) is 38.8 Å². The first-order valence-electron chi connectivity index (χ1n) is 9.38. The molecule has 0 aromatic heterocycles. The van der Waals surface area contributed by atoms with Gasteiger partial charge in [-0.05, 0) is 59.5 Å². The number of hydrogen-bond acceptors (Lipinski definition) is 3. The van der Waals surface area contributed by atoms with Crippen molar-refractivity contribution in [2.24, 2.45) is 4.99 Å². The van der Waals surface area contributed by atoms with E-state index in [0.717, 1.165) is 24.6 Å². The Morgan fingerprint density at radius 2 is 1.62 bits per heavy atom. The second-order valence-corrected chi connectivity index (χ2v) is 7.34. The van der Waals surface area contributed by atoms with Crippen molar-refractivity contribution in [1.82, 2.24) is 20.4 Å². The zero-order valence-corrected chi connectivity index (χ0v) is 17.4. The van der Waals surface area contributed by atoms with E-state index in [0.29, 0.717) is 18.6 Å². The topological polar surface area (TPSA) is 42.9 Å². The van der Waals surface area contributed by atoms with Crippen LogP contribution in [0.1, 0.15) is 39.3 Å². The molecule has 0 aliphatic heterocycles. The smallest absolute Gasteiger partial charge is 0.191 e. The molecule has 26 heavy (non-hydrogen) atoms. The highest BCUT2D eigenvalue weighted by atomic mass is 19.1. The molecule has 2 N–H and O–H groups in total. The summed E-state index contributed by atoms with van der Waals surface area (Å²) in [6.07, 6.45) is 0. The Hall–Kier alpha value is -1.66. The highest BCUT2D eigenvalue weighted by molar-refractivity contribution is 5.79. The second-order valence-electron chi connectivity index (χ2n) is 7.34. The van der Waals surface area contributed by atoms with Crippen molar-refractivity contribution in [3.8, 4) is 0 Å². The number of halogens is 1. The van der Waals surface area contributed by atoms with Crippen molar-refractivity contribution in [3.63, 3.8) is 0 Å². The maximum atomic E-state index is 13.2. The largest absolute Gasteiger partial charge is 0.355 e. The number of rotatable bonds is 9. The van der Waals surface area contributed by atoms with Gasteiger partial charge < -0.3 is 15.5 Å². The minimum absolute atomic E-state index is 0.136. The molecule has 0 fully saturated rings. The normalized spacial score (nSPS) is 13.8. The van der Waals surface area contributed by atoms with Crippen LogP contribution in [0.15, 0.2) is 29.3 Å². The molecule has 0 heterocycles. The number of hydrogen-bond donors (Lipinski definition) is 2. The number of aliphatic imine (C=N–C) groups is 1. The quantitative estimate of drug-likeness (QED) is 0.522. The highest BCUT2D eigenvalue weighted by Gasteiger charge is 2.16. The van der Waals surface area contributed by atoms with Gasteiger partial charge in [0.25, 0.3) is 0 Å². The average Bonchev–Trinajstić information content (AvgIpc) is 2.57. The number of nitrogens with one attached hydrogen (secondary N) is 2. The predicted octanol–water partition coefficient (Wildman–Crippen LogP) is 2.71. The Labute approximate surface area is 158 Å². The Kier molecular flexibility index (Phi) is 9.59. The minimum atomic E-state index is -0.212. The van der Waals surface area contributed by atoms with E-state index in [1.807, 2.05) is 26.2 Å². The fraction of sp³-hybridized carbons (Fsp3) is 0.650. The van der Waals surface area contributed by atoms with E-state index in [-0.39, 0.29) is 11.9 Å². The number of benzene rings is 1. The van der Waals surface area contributed by atoms with Crippen LogP contribution in [0.2, 0.25) is 0 Å². The van der Waals surface area contributed by atoms with Gasteiger partial charge in [0.2, 0.25) is 0 Å². The standard InChI is InChI=1S/C20H36FN5/c1-15(2)26(16(3)4)13-12-23-20(22-5)24-14-19(25(6)7)17-8-10-18(21)11-9-17/h8-11,15-16,19H,12-14H2,1-7H3,(H2,22,23,24). The molecule has 6 heteroatoms. The molecular formula is C20H36FN5. The lowest BCUT2D eigenvalue weighted by atomic mass is 10.1. The lowest BCUT2D eigenvalue weighted by Gasteiger charge is -2.31.